The van der Waals surface area contributed by atoms with Crippen LogP contribution >= 0.6 is 11.3 Å². The molecule has 0 unspecified atom stereocenters. The summed E-state index contributed by atoms with van der Waals surface area (Å²) in [5.74, 6) is -0.615. The second-order valence-corrected chi connectivity index (χ2v) is 19.6. The number of aryl methyl sites for hydroxylation is 2. The van der Waals surface area contributed by atoms with Crippen molar-refractivity contribution in [2.75, 3.05) is 20.3 Å². The Labute approximate surface area is 355 Å². The molecule has 8 rings (SSSR count). The Morgan fingerprint density at radius 3 is 2.63 bits per heavy atom. The molecule has 60 heavy (non-hydrogen) atoms. The molecule has 2 aromatic carbocycles. The van der Waals surface area contributed by atoms with Gasteiger partial charge in [-0.15, -0.1) is 11.3 Å². The van der Waals surface area contributed by atoms with Crippen molar-refractivity contribution < 1.29 is 37.0 Å². The number of hydrogen-bond acceptors (Lipinski definition) is 11. The van der Waals surface area contributed by atoms with E-state index >= 15 is 0 Å². The maximum absolute atomic E-state index is 14.8. The second-order valence-electron chi connectivity index (χ2n) is 16.8. The number of nitrogens with zero attached hydrogens (tertiary/aromatic N) is 3. The Morgan fingerprint density at radius 1 is 1.10 bits per heavy atom. The minimum atomic E-state index is -3.88. The number of nitrogens with one attached hydrogen (secondary N) is 2. The van der Waals surface area contributed by atoms with E-state index in [0.717, 1.165) is 33.6 Å². The van der Waals surface area contributed by atoms with Gasteiger partial charge < -0.3 is 24.4 Å². The Morgan fingerprint density at radius 2 is 1.90 bits per heavy atom. The van der Waals surface area contributed by atoms with Gasteiger partial charge >= 0.3 is 0 Å². The number of pyridine rings is 1. The zero-order valence-corrected chi connectivity index (χ0v) is 36.2. The molecule has 13 nitrogen and oxygen atoms in total. The second kappa shape index (κ2) is 17.3. The van der Waals surface area contributed by atoms with Gasteiger partial charge in [0, 0.05) is 41.3 Å². The summed E-state index contributed by atoms with van der Waals surface area (Å²) in [6, 6.07) is 14.5. The number of fused-ring (bicyclic) bond motifs is 3. The smallest absolute Gasteiger partial charge is 0.259 e. The third kappa shape index (κ3) is 8.80. The quantitative estimate of drug-likeness (QED) is 0.162. The van der Waals surface area contributed by atoms with Crippen molar-refractivity contribution >= 4 is 50.0 Å². The van der Waals surface area contributed by atoms with Gasteiger partial charge in [0.15, 0.2) is 0 Å². The lowest BCUT2D eigenvalue weighted by Gasteiger charge is -2.29. The molecule has 4 aliphatic rings. The van der Waals surface area contributed by atoms with Gasteiger partial charge in [0.05, 0.1) is 30.1 Å². The Hall–Kier alpha value is -4.86. The monoisotopic (exact) mass is 855 g/mol. The first kappa shape index (κ1) is 41.9. The number of aromatic nitrogens is 2. The SMILES string of the molecule is COc1ccc2c(O[C@@H]3C[C@H]4C(=O)N[C@]5(C(=O)NS(=O)(=O)C6CC6)C[C@H]5/C=C\CCCCO[C@H](CCc5ccccc5)C(=O)N4C3)cc(-c3nc(C(C)C)cs3)nc2c1C. The van der Waals surface area contributed by atoms with Gasteiger partial charge in [0.25, 0.3) is 11.8 Å². The number of rotatable bonds is 11. The van der Waals surface area contributed by atoms with Crippen LogP contribution in [-0.2, 0) is 35.6 Å². The molecule has 3 amide bonds. The van der Waals surface area contributed by atoms with Gasteiger partial charge in [0.1, 0.15) is 46.0 Å². The van der Waals surface area contributed by atoms with Gasteiger partial charge in [-0.2, -0.15) is 0 Å². The average molecular weight is 856 g/mol. The highest BCUT2D eigenvalue weighted by molar-refractivity contribution is 7.91. The van der Waals surface area contributed by atoms with E-state index in [9.17, 15) is 22.8 Å². The van der Waals surface area contributed by atoms with Crippen molar-refractivity contribution in [3.63, 3.8) is 0 Å². The molecule has 4 heterocycles. The number of ether oxygens (including phenoxy) is 3. The molecule has 3 fully saturated rings. The van der Waals surface area contributed by atoms with Crippen LogP contribution in [0.3, 0.4) is 0 Å². The van der Waals surface area contributed by atoms with E-state index in [1.807, 2.05) is 73.0 Å². The van der Waals surface area contributed by atoms with Crippen molar-refractivity contribution in [3.05, 3.63) is 82.9 Å². The maximum atomic E-state index is 14.8. The van der Waals surface area contributed by atoms with Crippen LogP contribution in [0.2, 0.25) is 0 Å². The fraction of sp³-hybridized carbons (Fsp3) is 0.489. The maximum Gasteiger partial charge on any atom is 0.259 e. The molecule has 2 N–H and O–H groups in total. The lowest BCUT2D eigenvalue weighted by molar-refractivity contribution is -0.149. The Balaban J connectivity index is 1.14. The molecule has 5 atom stereocenters. The van der Waals surface area contributed by atoms with E-state index in [4.69, 9.17) is 24.2 Å². The standard InChI is InChI=1S/C45H53N5O8S2/c1-27(2)35-26-59-42(47-35)34-23-39(33-18-20-37(56-4)28(3)40(33)46-34)58-31-22-36-41(51)48-45(44(53)49-60(54,55)32-16-17-32)24-30(45)14-10-5-6-11-21-57-38(43(52)50(36)25-31)19-15-29-12-8-7-9-13-29/h7-10,12-14,18,20,23,26-27,30-32,36,38H,5-6,11,15-17,19,21-22,24-25H2,1-4H3,(H,48,51)(H,49,53)/b14-10-/t30-,31-,36+,38-,45-/m1/s1. The summed E-state index contributed by atoms with van der Waals surface area (Å²) >= 11 is 1.50. The van der Waals surface area contributed by atoms with Crippen LogP contribution in [-0.4, -0.2) is 90.3 Å². The third-order valence-electron chi connectivity index (χ3n) is 12.1. The molecule has 0 bridgehead atoms. The summed E-state index contributed by atoms with van der Waals surface area (Å²) in [5, 5.41) is 5.86. The lowest BCUT2D eigenvalue weighted by Crippen LogP contribution is -2.57. The van der Waals surface area contributed by atoms with Crippen molar-refractivity contribution in [3.8, 4) is 22.2 Å². The molecule has 1 saturated heterocycles. The molecule has 15 heteroatoms. The predicted molar refractivity (Wildman–Crippen MR) is 229 cm³/mol. The highest BCUT2D eigenvalue weighted by atomic mass is 32.2. The highest BCUT2D eigenvalue weighted by Gasteiger charge is 2.62. The Bertz CT molecular complexity index is 2400. The van der Waals surface area contributed by atoms with Crippen LogP contribution in [0.4, 0.5) is 0 Å². The molecule has 4 aromatic rings. The van der Waals surface area contributed by atoms with Gasteiger partial charge in [-0.25, -0.2) is 18.4 Å². The van der Waals surface area contributed by atoms with Gasteiger partial charge in [-0.05, 0) is 81.9 Å². The van der Waals surface area contributed by atoms with Crippen LogP contribution in [0.5, 0.6) is 11.5 Å². The van der Waals surface area contributed by atoms with Crippen LogP contribution in [0.25, 0.3) is 21.6 Å². The highest BCUT2D eigenvalue weighted by Crippen LogP contribution is 2.46. The predicted octanol–water partition coefficient (Wildman–Crippen LogP) is 6.39. The summed E-state index contributed by atoms with van der Waals surface area (Å²) < 4.78 is 47.1. The number of allylic oxidation sites excluding steroid dienone is 1. The number of amides is 3. The first-order chi connectivity index (χ1) is 28.9. The van der Waals surface area contributed by atoms with Crippen LogP contribution in [0, 0.1) is 12.8 Å². The zero-order valence-electron chi connectivity index (χ0n) is 34.5. The van der Waals surface area contributed by atoms with Crippen molar-refractivity contribution in [2.24, 2.45) is 5.92 Å². The molecule has 0 radical (unpaired) electrons. The molecule has 0 spiro atoms. The molecule has 2 aromatic heterocycles. The minimum absolute atomic E-state index is 0.0732. The summed E-state index contributed by atoms with van der Waals surface area (Å²) in [7, 11) is -2.27. The average Bonchev–Trinajstić information content (AvgIpc) is 4.11. The summed E-state index contributed by atoms with van der Waals surface area (Å²) in [4.78, 5) is 54.8. The number of carbonyl (C=O) groups excluding carboxylic acids is 3. The number of sulfonamides is 1. The zero-order chi connectivity index (χ0) is 42.2. The summed E-state index contributed by atoms with van der Waals surface area (Å²) in [5.41, 5.74) is 2.69. The largest absolute Gasteiger partial charge is 0.496 e. The van der Waals surface area contributed by atoms with E-state index < -0.39 is 56.8 Å². The van der Waals surface area contributed by atoms with Gasteiger partial charge in [0.2, 0.25) is 15.9 Å². The fourth-order valence-electron chi connectivity index (χ4n) is 8.25. The number of thiazole rings is 1. The topological polar surface area (TPSA) is 166 Å². The van der Waals surface area contributed by atoms with Crippen LogP contribution in [0.15, 0.2) is 66.1 Å². The summed E-state index contributed by atoms with van der Waals surface area (Å²) in [6.45, 7) is 6.56. The molecular weight excluding hydrogens is 803 g/mol. The minimum Gasteiger partial charge on any atom is -0.496 e. The first-order valence-corrected chi connectivity index (χ1v) is 23.4. The number of carbonyl (C=O) groups is 3. The van der Waals surface area contributed by atoms with E-state index in [1.54, 1.807) is 7.11 Å². The first-order valence-electron chi connectivity index (χ1n) is 21.0. The van der Waals surface area contributed by atoms with Crippen molar-refractivity contribution in [1.29, 1.82) is 0 Å². The van der Waals surface area contributed by atoms with E-state index in [0.29, 0.717) is 67.8 Å². The summed E-state index contributed by atoms with van der Waals surface area (Å²) in [6.07, 6.45) is 6.94. The van der Waals surface area contributed by atoms with Crippen molar-refractivity contribution in [2.45, 2.75) is 114 Å². The van der Waals surface area contributed by atoms with E-state index in [2.05, 4.69) is 23.9 Å². The number of hydrogen-bond donors (Lipinski definition) is 2. The van der Waals surface area contributed by atoms with E-state index in [-0.39, 0.29) is 31.2 Å². The van der Waals surface area contributed by atoms with Crippen LogP contribution < -0.4 is 19.5 Å². The fourth-order valence-corrected chi connectivity index (χ4v) is 10.6. The van der Waals surface area contributed by atoms with Crippen molar-refractivity contribution in [1.82, 2.24) is 24.9 Å². The molecule has 2 saturated carbocycles. The normalized spacial score (nSPS) is 25.4. The van der Waals surface area contributed by atoms with Gasteiger partial charge in [-0.1, -0.05) is 56.3 Å². The molecule has 2 aliphatic heterocycles. The van der Waals surface area contributed by atoms with Gasteiger partial charge in [-0.3, -0.25) is 19.1 Å². The van der Waals surface area contributed by atoms with E-state index in [1.165, 1.54) is 16.2 Å². The lowest BCUT2D eigenvalue weighted by atomic mass is 10.1. The number of benzene rings is 2. The van der Waals surface area contributed by atoms with Crippen LogP contribution in [0.1, 0.15) is 88.0 Å². The molecular formula is C45H53N5O8S2. The molecule has 318 valence electrons. The Kier molecular flexibility index (Phi) is 12.0. The molecule has 2 aliphatic carbocycles. The third-order valence-corrected chi connectivity index (χ3v) is 14.8. The number of methoxy groups -OCH3 is 1.